The number of aliphatic carboxylic acids is 1. The summed E-state index contributed by atoms with van der Waals surface area (Å²) in [7, 11) is 0. The molecule has 0 unspecified atom stereocenters. The Hall–Kier alpha value is -1.18. The normalized spacial score (nSPS) is 16.9. The molecule has 0 atom stereocenters. The molecule has 1 fully saturated rings. The molecule has 0 aliphatic carbocycles. The zero-order valence-corrected chi connectivity index (χ0v) is 10.2. The second kappa shape index (κ2) is 5.95. The van der Waals surface area contributed by atoms with E-state index in [9.17, 15) is 4.79 Å². The number of carboxylic acid groups (broad SMARTS) is 1. The molecule has 2 N–H and O–H groups in total. The smallest absolute Gasteiger partial charge is 0.303 e. The Bertz CT molecular complexity index is 377. The maximum atomic E-state index is 10.4. The van der Waals surface area contributed by atoms with E-state index in [0.717, 1.165) is 37.1 Å². The fourth-order valence-electron chi connectivity index (χ4n) is 1.52. The van der Waals surface area contributed by atoms with Gasteiger partial charge in [0.25, 0.3) is 0 Å². The number of hydrogen-bond acceptors (Lipinski definition) is 6. The van der Waals surface area contributed by atoms with Crippen LogP contribution in [0.3, 0.4) is 0 Å². The number of hydrogen-bond donors (Lipinski definition) is 2. The van der Waals surface area contributed by atoms with Crippen LogP contribution in [0.5, 0.6) is 0 Å². The van der Waals surface area contributed by atoms with Crippen LogP contribution in [0.15, 0.2) is 5.38 Å². The maximum Gasteiger partial charge on any atom is 0.303 e. The molecule has 0 spiro atoms. The zero-order chi connectivity index (χ0) is 12.1. The van der Waals surface area contributed by atoms with Crippen LogP contribution >= 0.6 is 11.3 Å². The molecule has 1 saturated heterocycles. The molecule has 7 heteroatoms. The Morgan fingerprint density at radius 2 is 2.35 bits per heavy atom. The first-order valence-electron chi connectivity index (χ1n) is 5.49. The van der Waals surface area contributed by atoms with Gasteiger partial charge >= 0.3 is 5.97 Å². The predicted molar refractivity (Wildman–Crippen MR) is 64.1 cm³/mol. The fourth-order valence-corrected chi connectivity index (χ4v) is 2.29. The summed E-state index contributed by atoms with van der Waals surface area (Å²) in [5.41, 5.74) is 4.03. The molecule has 1 aliphatic heterocycles. The topological polar surface area (TPSA) is 74.7 Å². The van der Waals surface area contributed by atoms with Crippen LogP contribution in [0, 0.1) is 0 Å². The highest BCUT2D eigenvalue weighted by atomic mass is 32.1. The molecule has 17 heavy (non-hydrogen) atoms. The first-order valence-corrected chi connectivity index (χ1v) is 6.37. The number of nitrogens with one attached hydrogen (secondary N) is 1. The summed E-state index contributed by atoms with van der Waals surface area (Å²) in [4.78, 5) is 14.8. The SMILES string of the molecule is O=C(O)CCc1csc(NN2CCOCC2)n1. The molecule has 1 aromatic heterocycles. The number of carbonyl (C=O) groups is 1. The molecule has 0 bridgehead atoms. The average Bonchev–Trinajstić information content (AvgIpc) is 2.75. The minimum atomic E-state index is -0.791. The van der Waals surface area contributed by atoms with Crippen molar-refractivity contribution >= 4 is 22.4 Å². The number of ether oxygens (including phenoxy) is 1. The van der Waals surface area contributed by atoms with E-state index in [4.69, 9.17) is 9.84 Å². The van der Waals surface area contributed by atoms with Crippen LogP contribution in [0.4, 0.5) is 5.13 Å². The Morgan fingerprint density at radius 1 is 1.59 bits per heavy atom. The van der Waals surface area contributed by atoms with Crippen LogP contribution < -0.4 is 5.43 Å². The molecular formula is C10H15N3O3S. The standard InChI is InChI=1S/C10H15N3O3S/c14-9(15)2-1-8-7-17-10(11-8)12-13-3-5-16-6-4-13/h7H,1-6H2,(H,11,12)(H,14,15). The quantitative estimate of drug-likeness (QED) is 0.813. The summed E-state index contributed by atoms with van der Waals surface area (Å²) in [6.45, 7) is 3.13. The highest BCUT2D eigenvalue weighted by Crippen LogP contribution is 2.17. The molecule has 94 valence electrons. The van der Waals surface area contributed by atoms with Gasteiger partial charge in [-0.3, -0.25) is 10.2 Å². The van der Waals surface area contributed by atoms with Crippen LogP contribution in [0.1, 0.15) is 12.1 Å². The van der Waals surface area contributed by atoms with E-state index in [1.165, 1.54) is 11.3 Å². The third-order valence-electron chi connectivity index (χ3n) is 2.41. The van der Waals surface area contributed by atoms with Gasteiger partial charge in [-0.15, -0.1) is 11.3 Å². The highest BCUT2D eigenvalue weighted by molar-refractivity contribution is 7.13. The minimum Gasteiger partial charge on any atom is -0.481 e. The largest absolute Gasteiger partial charge is 0.481 e. The Kier molecular flexibility index (Phi) is 4.29. The summed E-state index contributed by atoms with van der Waals surface area (Å²) in [5.74, 6) is -0.791. The Morgan fingerprint density at radius 3 is 3.06 bits per heavy atom. The number of hydrazine groups is 1. The number of carboxylic acids is 1. The summed E-state index contributed by atoms with van der Waals surface area (Å²) in [6, 6.07) is 0. The molecule has 6 nitrogen and oxygen atoms in total. The lowest BCUT2D eigenvalue weighted by Crippen LogP contribution is -2.40. The number of rotatable bonds is 5. The molecule has 0 amide bonds. The van der Waals surface area contributed by atoms with E-state index in [-0.39, 0.29) is 6.42 Å². The summed E-state index contributed by atoms with van der Waals surface area (Å²) < 4.78 is 5.24. The van der Waals surface area contributed by atoms with Crippen molar-refractivity contribution in [3.8, 4) is 0 Å². The van der Waals surface area contributed by atoms with E-state index in [0.29, 0.717) is 6.42 Å². The van der Waals surface area contributed by atoms with Gasteiger partial charge in [0.15, 0.2) is 5.13 Å². The molecule has 2 heterocycles. The van der Waals surface area contributed by atoms with Gasteiger partial charge in [-0.05, 0) is 0 Å². The van der Waals surface area contributed by atoms with Gasteiger partial charge in [0.2, 0.25) is 0 Å². The molecule has 0 saturated carbocycles. The van der Waals surface area contributed by atoms with Gasteiger partial charge in [0.05, 0.1) is 25.3 Å². The Balaban J connectivity index is 1.82. The third-order valence-corrected chi connectivity index (χ3v) is 3.21. The Labute approximate surface area is 103 Å². The first-order chi connectivity index (χ1) is 8.24. The lowest BCUT2D eigenvalue weighted by Gasteiger charge is -2.26. The number of morpholine rings is 1. The minimum absolute atomic E-state index is 0.126. The van der Waals surface area contributed by atoms with Crippen molar-refractivity contribution in [2.75, 3.05) is 31.7 Å². The van der Waals surface area contributed by atoms with Crippen LogP contribution in [0.2, 0.25) is 0 Å². The van der Waals surface area contributed by atoms with Crippen molar-refractivity contribution in [3.63, 3.8) is 0 Å². The van der Waals surface area contributed by atoms with Crippen LogP contribution in [-0.4, -0.2) is 47.4 Å². The van der Waals surface area contributed by atoms with Crippen LogP contribution in [-0.2, 0) is 16.0 Å². The molecule has 2 rings (SSSR count). The van der Waals surface area contributed by atoms with E-state index < -0.39 is 5.97 Å². The van der Waals surface area contributed by atoms with E-state index >= 15 is 0 Å². The van der Waals surface area contributed by atoms with Gasteiger partial charge in [0, 0.05) is 24.9 Å². The monoisotopic (exact) mass is 257 g/mol. The van der Waals surface area contributed by atoms with E-state index in [1.807, 2.05) is 5.38 Å². The molecule has 1 aromatic rings. The highest BCUT2D eigenvalue weighted by Gasteiger charge is 2.12. The fraction of sp³-hybridized carbons (Fsp3) is 0.600. The summed E-state index contributed by atoms with van der Waals surface area (Å²) in [5, 5.41) is 13.3. The predicted octanol–water partition coefficient (Wildman–Crippen LogP) is 0.819. The molecule has 0 aromatic carbocycles. The lowest BCUT2D eigenvalue weighted by atomic mass is 10.3. The molecule has 1 aliphatic rings. The number of aryl methyl sites for hydroxylation is 1. The first kappa shape index (κ1) is 12.3. The van der Waals surface area contributed by atoms with Gasteiger partial charge < -0.3 is 9.84 Å². The van der Waals surface area contributed by atoms with Crippen molar-refractivity contribution in [3.05, 3.63) is 11.1 Å². The van der Waals surface area contributed by atoms with Crippen molar-refractivity contribution in [1.82, 2.24) is 9.99 Å². The van der Waals surface area contributed by atoms with Gasteiger partial charge in [-0.2, -0.15) is 0 Å². The lowest BCUT2D eigenvalue weighted by molar-refractivity contribution is -0.136. The number of anilines is 1. The van der Waals surface area contributed by atoms with Gasteiger partial charge in [0.1, 0.15) is 0 Å². The molecule has 0 radical (unpaired) electrons. The van der Waals surface area contributed by atoms with Crippen molar-refractivity contribution in [2.45, 2.75) is 12.8 Å². The second-order valence-electron chi connectivity index (χ2n) is 3.75. The van der Waals surface area contributed by atoms with Crippen molar-refractivity contribution in [1.29, 1.82) is 0 Å². The number of aromatic nitrogens is 1. The second-order valence-corrected chi connectivity index (χ2v) is 4.61. The summed E-state index contributed by atoms with van der Waals surface area (Å²) >= 11 is 1.50. The maximum absolute atomic E-state index is 10.4. The van der Waals surface area contributed by atoms with E-state index in [1.54, 1.807) is 0 Å². The molecular weight excluding hydrogens is 242 g/mol. The van der Waals surface area contributed by atoms with Gasteiger partial charge in [-0.1, -0.05) is 0 Å². The van der Waals surface area contributed by atoms with Gasteiger partial charge in [-0.25, -0.2) is 9.99 Å². The van der Waals surface area contributed by atoms with E-state index in [2.05, 4.69) is 15.4 Å². The van der Waals surface area contributed by atoms with Crippen molar-refractivity contribution < 1.29 is 14.6 Å². The third kappa shape index (κ3) is 3.95. The van der Waals surface area contributed by atoms with Crippen molar-refractivity contribution in [2.24, 2.45) is 0 Å². The van der Waals surface area contributed by atoms with Crippen LogP contribution in [0.25, 0.3) is 0 Å². The zero-order valence-electron chi connectivity index (χ0n) is 9.39. The summed E-state index contributed by atoms with van der Waals surface area (Å²) in [6.07, 6.45) is 0.608. The number of thiazole rings is 1. The number of nitrogens with zero attached hydrogens (tertiary/aromatic N) is 2. The average molecular weight is 257 g/mol.